The van der Waals surface area contributed by atoms with E-state index in [1.54, 1.807) is 0 Å². The van der Waals surface area contributed by atoms with Gasteiger partial charge in [-0.25, -0.2) is 0 Å². The Hall–Kier alpha value is -3.78. The Kier molecular flexibility index (Phi) is 8.18. The molecule has 192 valence electrons. The van der Waals surface area contributed by atoms with Crippen LogP contribution in [0.2, 0.25) is 0 Å². The van der Waals surface area contributed by atoms with E-state index in [-0.39, 0.29) is 24.7 Å². The zero-order chi connectivity index (χ0) is 26.4. The van der Waals surface area contributed by atoms with E-state index in [1.165, 1.54) is 0 Å². The number of para-hydroxylation sites is 1. The molecule has 0 fully saturated rings. The van der Waals surface area contributed by atoms with Crippen molar-refractivity contribution in [1.29, 1.82) is 0 Å². The summed E-state index contributed by atoms with van der Waals surface area (Å²) in [5.41, 5.74) is 8.72. The van der Waals surface area contributed by atoms with Gasteiger partial charge < -0.3 is 25.3 Å². The molecule has 0 spiro atoms. The molecule has 1 atom stereocenters. The number of carbonyl (C=O) groups is 2. The summed E-state index contributed by atoms with van der Waals surface area (Å²) in [6.45, 7) is 0.654. The van der Waals surface area contributed by atoms with Gasteiger partial charge in [-0.3, -0.25) is 9.59 Å². The number of hydrogen-bond donors (Lipinski definition) is 3. The third kappa shape index (κ3) is 5.97. The van der Waals surface area contributed by atoms with Crippen molar-refractivity contribution >= 4 is 22.7 Å². The highest BCUT2D eigenvalue weighted by molar-refractivity contribution is 6.11. The second kappa shape index (κ2) is 11.5. The number of aromatic nitrogens is 1. The minimum atomic E-state index is -1.36. The van der Waals surface area contributed by atoms with Gasteiger partial charge in [-0.15, -0.1) is 0 Å². The maximum absolute atomic E-state index is 13.7. The Morgan fingerprint density at radius 1 is 0.973 bits per heavy atom. The summed E-state index contributed by atoms with van der Waals surface area (Å²) in [6, 6.07) is 25.4. The van der Waals surface area contributed by atoms with Crippen molar-refractivity contribution in [2.75, 3.05) is 19.8 Å². The number of nitrogens with zero attached hydrogens (tertiary/aromatic N) is 1. The number of ether oxygens (including phenoxy) is 1. The van der Waals surface area contributed by atoms with Crippen molar-refractivity contribution in [2.45, 2.75) is 31.2 Å². The fourth-order valence-corrected chi connectivity index (χ4v) is 4.24. The van der Waals surface area contributed by atoms with Gasteiger partial charge in [-0.1, -0.05) is 61.5 Å². The van der Waals surface area contributed by atoms with Crippen molar-refractivity contribution in [1.82, 2.24) is 4.57 Å². The zero-order valence-corrected chi connectivity index (χ0v) is 20.8. The maximum atomic E-state index is 13.7. The third-order valence-corrected chi connectivity index (χ3v) is 6.63. The van der Waals surface area contributed by atoms with Gasteiger partial charge in [0.25, 0.3) is 0 Å². The van der Waals surface area contributed by atoms with Crippen LogP contribution >= 0.6 is 0 Å². The molecule has 4 N–H and O–H groups in total. The fourth-order valence-electron chi connectivity index (χ4n) is 4.24. The molecule has 0 amide bonds. The molecule has 1 heterocycles. The molecule has 0 saturated heterocycles. The highest BCUT2D eigenvalue weighted by atomic mass is 16.5. The molecule has 7 nitrogen and oxygen atoms in total. The summed E-state index contributed by atoms with van der Waals surface area (Å²) in [6.07, 6.45) is 2.40. The zero-order valence-electron chi connectivity index (χ0n) is 20.8. The van der Waals surface area contributed by atoms with E-state index in [0.717, 1.165) is 27.7 Å². The third-order valence-electron chi connectivity index (χ3n) is 6.63. The first-order valence-corrected chi connectivity index (χ1v) is 12.3. The Morgan fingerprint density at radius 3 is 2.27 bits per heavy atom. The molecule has 7 heteroatoms. The topological polar surface area (TPSA) is 115 Å². The SMILES string of the molecule is CC(C(=O)c1cn(-c2ccccc2)c2ccc(CCC(=O)OCC(N)(CO)CO)cc12)c1ccccc1. The summed E-state index contributed by atoms with van der Waals surface area (Å²) < 4.78 is 7.18. The molecule has 1 aromatic heterocycles. The lowest BCUT2D eigenvalue weighted by Crippen LogP contribution is -2.51. The molecule has 3 aromatic carbocycles. The first kappa shape index (κ1) is 26.3. The maximum Gasteiger partial charge on any atom is 0.306 e. The molecule has 0 bridgehead atoms. The normalized spacial score (nSPS) is 12.4. The Balaban J connectivity index is 1.62. The summed E-state index contributed by atoms with van der Waals surface area (Å²) in [5, 5.41) is 19.4. The quantitative estimate of drug-likeness (QED) is 0.213. The predicted molar refractivity (Wildman–Crippen MR) is 143 cm³/mol. The molecule has 0 radical (unpaired) electrons. The monoisotopic (exact) mass is 500 g/mol. The summed E-state index contributed by atoms with van der Waals surface area (Å²) >= 11 is 0. The summed E-state index contributed by atoms with van der Waals surface area (Å²) in [4.78, 5) is 25.9. The predicted octanol–water partition coefficient (Wildman–Crippen LogP) is 3.77. The number of rotatable bonds is 11. The Labute approximate surface area is 216 Å². The molecule has 4 rings (SSSR count). The van der Waals surface area contributed by atoms with Crippen LogP contribution < -0.4 is 5.73 Å². The number of benzene rings is 3. The average molecular weight is 501 g/mol. The van der Waals surface area contributed by atoms with Gasteiger partial charge in [0, 0.05) is 35.2 Å². The van der Waals surface area contributed by atoms with Crippen LogP contribution in [0.4, 0.5) is 0 Å². The van der Waals surface area contributed by atoms with Crippen LogP contribution in [0.3, 0.4) is 0 Å². The number of nitrogens with two attached hydrogens (primary N) is 1. The number of esters is 1. The van der Waals surface area contributed by atoms with Crippen LogP contribution in [0.1, 0.15) is 40.7 Å². The van der Waals surface area contributed by atoms with E-state index >= 15 is 0 Å². The molecular weight excluding hydrogens is 468 g/mol. The second-order valence-corrected chi connectivity index (χ2v) is 9.44. The number of aliphatic hydroxyl groups is 2. The standard InChI is InChI=1S/C30H32N2O5/c1-21(23-8-4-2-5-9-23)29(36)26-17-32(24-10-6-3-7-11-24)27-14-12-22(16-25(26)27)13-15-28(35)37-20-30(31,18-33)19-34/h2-12,14,16-17,21,33-34H,13,15,18-20,31H2,1H3. The first-order valence-electron chi connectivity index (χ1n) is 12.3. The van der Waals surface area contributed by atoms with E-state index in [0.29, 0.717) is 12.0 Å². The van der Waals surface area contributed by atoms with Crippen molar-refractivity contribution in [3.63, 3.8) is 0 Å². The number of Topliss-reactive ketones (excluding diaryl/α,β-unsaturated/α-hetero) is 1. The lowest BCUT2D eigenvalue weighted by Gasteiger charge is -2.23. The van der Waals surface area contributed by atoms with Gasteiger partial charge in [0.05, 0.1) is 24.3 Å². The van der Waals surface area contributed by atoms with Gasteiger partial charge in [0.1, 0.15) is 6.61 Å². The van der Waals surface area contributed by atoms with Crippen molar-refractivity contribution in [3.8, 4) is 5.69 Å². The van der Waals surface area contributed by atoms with Crippen molar-refractivity contribution < 1.29 is 24.5 Å². The lowest BCUT2D eigenvalue weighted by atomic mass is 9.92. The molecule has 0 aliphatic carbocycles. The van der Waals surface area contributed by atoms with E-state index in [1.807, 2.05) is 96.6 Å². The number of hydrogen-bond acceptors (Lipinski definition) is 6. The minimum Gasteiger partial charge on any atom is -0.464 e. The molecule has 0 aliphatic rings. The van der Waals surface area contributed by atoms with Gasteiger partial charge in [0.15, 0.2) is 5.78 Å². The van der Waals surface area contributed by atoms with Gasteiger partial charge in [-0.05, 0) is 41.8 Å². The fraction of sp³-hybridized carbons (Fsp3) is 0.267. The van der Waals surface area contributed by atoms with Crippen LogP contribution in [0.25, 0.3) is 16.6 Å². The Bertz CT molecular complexity index is 1360. The van der Waals surface area contributed by atoms with Gasteiger partial charge in [-0.2, -0.15) is 0 Å². The van der Waals surface area contributed by atoms with Crippen LogP contribution in [-0.2, 0) is 16.0 Å². The van der Waals surface area contributed by atoms with E-state index in [9.17, 15) is 19.8 Å². The molecule has 4 aromatic rings. The largest absolute Gasteiger partial charge is 0.464 e. The van der Waals surface area contributed by atoms with E-state index < -0.39 is 24.7 Å². The van der Waals surface area contributed by atoms with Crippen LogP contribution in [-0.4, -0.2) is 51.9 Å². The highest BCUT2D eigenvalue weighted by Crippen LogP contribution is 2.30. The molecule has 0 saturated carbocycles. The summed E-state index contributed by atoms with van der Waals surface area (Å²) in [5.74, 6) is -0.772. The average Bonchev–Trinajstić information content (AvgIpc) is 3.33. The van der Waals surface area contributed by atoms with Crippen LogP contribution in [0.15, 0.2) is 85.1 Å². The highest BCUT2D eigenvalue weighted by Gasteiger charge is 2.25. The molecular formula is C30H32N2O5. The van der Waals surface area contributed by atoms with E-state index in [2.05, 4.69) is 0 Å². The summed E-state index contributed by atoms with van der Waals surface area (Å²) in [7, 11) is 0. The number of aryl methyl sites for hydroxylation is 1. The number of aliphatic hydroxyl groups excluding tert-OH is 2. The van der Waals surface area contributed by atoms with Crippen molar-refractivity contribution in [3.05, 3.63) is 102 Å². The molecule has 0 aliphatic heterocycles. The van der Waals surface area contributed by atoms with Crippen molar-refractivity contribution in [2.24, 2.45) is 5.73 Å². The van der Waals surface area contributed by atoms with E-state index in [4.69, 9.17) is 10.5 Å². The first-order chi connectivity index (χ1) is 17.8. The number of fused-ring (bicyclic) bond motifs is 1. The smallest absolute Gasteiger partial charge is 0.306 e. The number of carbonyl (C=O) groups excluding carboxylic acids is 2. The van der Waals surface area contributed by atoms with Crippen LogP contribution in [0.5, 0.6) is 0 Å². The Morgan fingerprint density at radius 2 is 1.62 bits per heavy atom. The second-order valence-electron chi connectivity index (χ2n) is 9.44. The van der Waals surface area contributed by atoms with Gasteiger partial charge >= 0.3 is 5.97 Å². The minimum absolute atomic E-state index is 0.0229. The number of ketones is 1. The lowest BCUT2D eigenvalue weighted by molar-refractivity contribution is -0.146. The molecule has 37 heavy (non-hydrogen) atoms. The van der Waals surface area contributed by atoms with Gasteiger partial charge in [0.2, 0.25) is 0 Å². The molecule has 1 unspecified atom stereocenters. The van der Waals surface area contributed by atoms with Crippen LogP contribution in [0, 0.1) is 0 Å².